The number of nitrogens with one attached hydrogen (secondary N) is 1. The molecule has 0 aromatic heterocycles. The molecule has 1 aliphatic carbocycles. The minimum absolute atomic E-state index is 0.125. The summed E-state index contributed by atoms with van der Waals surface area (Å²) in [4.78, 5) is 0. The Kier molecular flexibility index (Phi) is 6.15. The molecule has 0 aromatic rings. The predicted octanol–water partition coefficient (Wildman–Crippen LogP) is 1.16. The van der Waals surface area contributed by atoms with Crippen molar-refractivity contribution >= 4 is 0 Å². The number of hydrogen-bond donors (Lipinski definition) is 2. The van der Waals surface area contributed by atoms with Gasteiger partial charge in [0.05, 0.1) is 19.8 Å². The van der Waals surface area contributed by atoms with Crippen LogP contribution in [0.2, 0.25) is 0 Å². The van der Waals surface area contributed by atoms with E-state index in [4.69, 9.17) is 9.84 Å². The van der Waals surface area contributed by atoms with Gasteiger partial charge in [-0.05, 0) is 18.8 Å². The van der Waals surface area contributed by atoms with Gasteiger partial charge in [-0.1, -0.05) is 19.8 Å². The van der Waals surface area contributed by atoms with E-state index in [1.165, 1.54) is 25.7 Å². The molecule has 0 saturated heterocycles. The summed E-state index contributed by atoms with van der Waals surface area (Å²) in [6.07, 6.45) is 5.36. The Labute approximate surface area is 86.8 Å². The van der Waals surface area contributed by atoms with Gasteiger partial charge in [-0.25, -0.2) is 0 Å². The molecular weight excluding hydrogens is 178 g/mol. The van der Waals surface area contributed by atoms with Crippen LogP contribution >= 0.6 is 0 Å². The van der Waals surface area contributed by atoms with Crippen LogP contribution in [0.1, 0.15) is 32.6 Å². The Morgan fingerprint density at radius 1 is 1.36 bits per heavy atom. The normalized spacial score (nSPS) is 27.9. The van der Waals surface area contributed by atoms with E-state index in [1.807, 2.05) is 0 Å². The number of aliphatic hydroxyl groups is 1. The summed E-state index contributed by atoms with van der Waals surface area (Å²) in [5, 5.41) is 12.0. The maximum Gasteiger partial charge on any atom is 0.0698 e. The summed E-state index contributed by atoms with van der Waals surface area (Å²) in [5.74, 6) is 0.875. The van der Waals surface area contributed by atoms with Gasteiger partial charge in [-0.3, -0.25) is 0 Å². The zero-order chi connectivity index (χ0) is 10.2. The zero-order valence-corrected chi connectivity index (χ0v) is 9.17. The van der Waals surface area contributed by atoms with Crippen LogP contribution in [0, 0.1) is 5.92 Å². The van der Waals surface area contributed by atoms with Crippen LogP contribution in [0.4, 0.5) is 0 Å². The van der Waals surface area contributed by atoms with Gasteiger partial charge >= 0.3 is 0 Å². The Morgan fingerprint density at radius 2 is 2.21 bits per heavy atom. The number of hydrogen-bond acceptors (Lipinski definition) is 3. The minimum Gasteiger partial charge on any atom is -0.394 e. The summed E-state index contributed by atoms with van der Waals surface area (Å²) in [6.45, 7) is 4.54. The molecule has 14 heavy (non-hydrogen) atoms. The molecule has 1 fully saturated rings. The lowest BCUT2D eigenvalue weighted by Crippen LogP contribution is -2.35. The predicted molar refractivity (Wildman–Crippen MR) is 57.3 cm³/mol. The number of ether oxygens (including phenoxy) is 1. The Morgan fingerprint density at radius 3 is 2.93 bits per heavy atom. The molecule has 0 unspecified atom stereocenters. The lowest BCUT2D eigenvalue weighted by Gasteiger charge is -2.27. The maximum atomic E-state index is 8.50. The van der Waals surface area contributed by atoms with Gasteiger partial charge in [0, 0.05) is 12.6 Å². The minimum atomic E-state index is 0.125. The lowest BCUT2D eigenvalue weighted by molar-refractivity contribution is 0.0912. The maximum absolute atomic E-state index is 8.50. The van der Waals surface area contributed by atoms with Gasteiger partial charge in [-0.2, -0.15) is 0 Å². The smallest absolute Gasteiger partial charge is 0.0698 e. The zero-order valence-electron chi connectivity index (χ0n) is 9.17. The molecule has 0 radical (unpaired) electrons. The van der Waals surface area contributed by atoms with Crippen LogP contribution in [0.25, 0.3) is 0 Å². The summed E-state index contributed by atoms with van der Waals surface area (Å²) in [5.41, 5.74) is 0. The molecular formula is C11H23NO2. The van der Waals surface area contributed by atoms with Crippen molar-refractivity contribution < 1.29 is 9.84 Å². The van der Waals surface area contributed by atoms with E-state index >= 15 is 0 Å². The molecule has 1 saturated carbocycles. The molecule has 2 atom stereocenters. The second-order valence-corrected chi connectivity index (χ2v) is 4.26. The Bertz CT molecular complexity index is 141. The van der Waals surface area contributed by atoms with E-state index in [0.717, 1.165) is 12.5 Å². The number of aliphatic hydroxyl groups excluding tert-OH is 1. The van der Waals surface area contributed by atoms with Crippen molar-refractivity contribution in [2.24, 2.45) is 5.92 Å². The molecule has 0 amide bonds. The van der Waals surface area contributed by atoms with Crippen LogP contribution in [0.5, 0.6) is 0 Å². The first-order valence-corrected chi connectivity index (χ1v) is 5.75. The van der Waals surface area contributed by atoms with Crippen molar-refractivity contribution in [2.45, 2.75) is 38.6 Å². The summed E-state index contributed by atoms with van der Waals surface area (Å²) in [7, 11) is 0. The first-order valence-electron chi connectivity index (χ1n) is 5.75. The number of rotatable bonds is 6. The molecule has 1 rings (SSSR count). The lowest BCUT2D eigenvalue weighted by atomic mass is 9.87. The fourth-order valence-electron chi connectivity index (χ4n) is 2.12. The van der Waals surface area contributed by atoms with E-state index in [0.29, 0.717) is 19.3 Å². The Hall–Kier alpha value is -0.120. The SMILES string of the molecule is C[C@@H]1CCC[C@@H](NCCOCCO)C1. The average molecular weight is 201 g/mol. The fourth-order valence-corrected chi connectivity index (χ4v) is 2.12. The molecule has 2 N–H and O–H groups in total. The van der Waals surface area contributed by atoms with Crippen LogP contribution in [0.3, 0.4) is 0 Å². The van der Waals surface area contributed by atoms with Gasteiger partial charge in [0.2, 0.25) is 0 Å². The van der Waals surface area contributed by atoms with Crippen LogP contribution in [-0.4, -0.2) is 37.5 Å². The third-order valence-electron chi connectivity index (χ3n) is 2.85. The van der Waals surface area contributed by atoms with Gasteiger partial charge in [0.15, 0.2) is 0 Å². The largest absolute Gasteiger partial charge is 0.394 e. The van der Waals surface area contributed by atoms with Crippen molar-refractivity contribution in [1.82, 2.24) is 5.32 Å². The van der Waals surface area contributed by atoms with Crippen molar-refractivity contribution in [3.63, 3.8) is 0 Å². The van der Waals surface area contributed by atoms with Crippen molar-refractivity contribution in [3.05, 3.63) is 0 Å². The highest BCUT2D eigenvalue weighted by Crippen LogP contribution is 2.23. The van der Waals surface area contributed by atoms with E-state index in [-0.39, 0.29) is 6.61 Å². The summed E-state index contributed by atoms with van der Waals surface area (Å²) < 4.78 is 5.19. The molecule has 0 aliphatic heterocycles. The third kappa shape index (κ3) is 4.94. The molecule has 84 valence electrons. The highest BCUT2D eigenvalue weighted by Gasteiger charge is 2.17. The second-order valence-electron chi connectivity index (χ2n) is 4.26. The first-order chi connectivity index (χ1) is 6.83. The topological polar surface area (TPSA) is 41.5 Å². The van der Waals surface area contributed by atoms with Gasteiger partial charge in [-0.15, -0.1) is 0 Å². The summed E-state index contributed by atoms with van der Waals surface area (Å²) in [6, 6.07) is 0.691. The molecule has 0 spiro atoms. The molecule has 0 aromatic carbocycles. The van der Waals surface area contributed by atoms with Crippen molar-refractivity contribution in [1.29, 1.82) is 0 Å². The molecule has 0 bridgehead atoms. The quantitative estimate of drug-likeness (QED) is 0.634. The average Bonchev–Trinajstić information content (AvgIpc) is 2.18. The highest BCUT2D eigenvalue weighted by molar-refractivity contribution is 4.75. The van der Waals surface area contributed by atoms with Gasteiger partial charge < -0.3 is 15.2 Å². The van der Waals surface area contributed by atoms with E-state index in [2.05, 4.69) is 12.2 Å². The fraction of sp³-hybridized carbons (Fsp3) is 1.00. The van der Waals surface area contributed by atoms with Crippen LogP contribution in [-0.2, 0) is 4.74 Å². The van der Waals surface area contributed by atoms with Crippen molar-refractivity contribution in [2.75, 3.05) is 26.4 Å². The first kappa shape index (κ1) is 12.0. The van der Waals surface area contributed by atoms with E-state index in [9.17, 15) is 0 Å². The van der Waals surface area contributed by atoms with Gasteiger partial charge in [0.25, 0.3) is 0 Å². The van der Waals surface area contributed by atoms with E-state index < -0.39 is 0 Å². The second kappa shape index (κ2) is 7.21. The molecule has 1 aliphatic rings. The molecule has 3 heteroatoms. The highest BCUT2D eigenvalue weighted by atomic mass is 16.5. The Balaban J connectivity index is 1.95. The third-order valence-corrected chi connectivity index (χ3v) is 2.85. The van der Waals surface area contributed by atoms with E-state index in [1.54, 1.807) is 0 Å². The monoisotopic (exact) mass is 201 g/mol. The molecule has 0 heterocycles. The molecule has 3 nitrogen and oxygen atoms in total. The standard InChI is InChI=1S/C11H23NO2/c1-10-3-2-4-11(9-10)12-5-7-14-8-6-13/h10-13H,2-9H2,1H3/t10-,11-/m1/s1. The van der Waals surface area contributed by atoms with Crippen molar-refractivity contribution in [3.8, 4) is 0 Å². The van der Waals surface area contributed by atoms with Gasteiger partial charge in [0.1, 0.15) is 0 Å². The van der Waals surface area contributed by atoms with Crippen LogP contribution < -0.4 is 5.32 Å². The van der Waals surface area contributed by atoms with Crippen LogP contribution in [0.15, 0.2) is 0 Å². The summed E-state index contributed by atoms with van der Waals surface area (Å²) >= 11 is 0.